The summed E-state index contributed by atoms with van der Waals surface area (Å²) in [6.45, 7) is 2.17. The van der Waals surface area contributed by atoms with Gasteiger partial charge in [-0.1, -0.05) is 37.3 Å². The molecule has 56 valence electrons. The van der Waals surface area contributed by atoms with Gasteiger partial charge in [0.1, 0.15) is 0 Å². The van der Waals surface area contributed by atoms with Crippen molar-refractivity contribution in [3.63, 3.8) is 0 Å². The first-order valence-electron chi connectivity index (χ1n) is 4.05. The van der Waals surface area contributed by atoms with Crippen LogP contribution in [0.15, 0.2) is 35.3 Å². The van der Waals surface area contributed by atoms with E-state index in [-0.39, 0.29) is 0 Å². The van der Waals surface area contributed by atoms with Crippen LogP contribution in [-0.4, -0.2) is 11.8 Å². The van der Waals surface area contributed by atoms with E-state index in [0.29, 0.717) is 6.04 Å². The van der Waals surface area contributed by atoms with E-state index in [1.165, 1.54) is 11.3 Å². The number of rotatable bonds is 2. The smallest absolute Gasteiger partial charge is 0.0923 e. The van der Waals surface area contributed by atoms with E-state index in [9.17, 15) is 0 Å². The zero-order chi connectivity index (χ0) is 7.68. The standard InChI is InChI=1S/C10H11N/c1-2-9-10(11-9)8-6-4-3-5-7-8/h3-7,9H,2H2,1H3. The predicted octanol–water partition coefficient (Wildman–Crippen LogP) is 2.27. The molecule has 1 unspecified atom stereocenters. The van der Waals surface area contributed by atoms with Crippen LogP contribution in [0.25, 0.3) is 0 Å². The lowest BCUT2D eigenvalue weighted by Gasteiger charge is -1.91. The van der Waals surface area contributed by atoms with Gasteiger partial charge in [0.2, 0.25) is 0 Å². The lowest BCUT2D eigenvalue weighted by Crippen LogP contribution is -1.96. The average Bonchev–Trinajstić information content (AvgIpc) is 2.85. The van der Waals surface area contributed by atoms with Gasteiger partial charge in [0, 0.05) is 0 Å². The minimum atomic E-state index is 0.525. The Morgan fingerprint density at radius 3 is 2.55 bits per heavy atom. The molecule has 11 heavy (non-hydrogen) atoms. The molecule has 0 saturated carbocycles. The first-order chi connectivity index (χ1) is 5.42. The molecule has 0 aromatic heterocycles. The fourth-order valence-corrected chi connectivity index (χ4v) is 1.29. The molecule has 0 aliphatic carbocycles. The topological polar surface area (TPSA) is 12.4 Å². The lowest BCUT2D eigenvalue weighted by atomic mass is 10.1. The van der Waals surface area contributed by atoms with Gasteiger partial charge in [-0.15, -0.1) is 0 Å². The fraction of sp³-hybridized carbons (Fsp3) is 0.300. The highest BCUT2D eigenvalue weighted by molar-refractivity contribution is 6.13. The molecule has 1 nitrogen and oxygen atoms in total. The molecule has 0 amide bonds. The lowest BCUT2D eigenvalue weighted by molar-refractivity contribution is 0.924. The Hall–Kier alpha value is -1.11. The first-order valence-corrected chi connectivity index (χ1v) is 4.05. The summed E-state index contributed by atoms with van der Waals surface area (Å²) >= 11 is 0. The molecule has 0 radical (unpaired) electrons. The molecular formula is C10H11N. The second-order valence-corrected chi connectivity index (χ2v) is 2.80. The quantitative estimate of drug-likeness (QED) is 0.605. The molecule has 1 aromatic carbocycles. The van der Waals surface area contributed by atoms with Gasteiger partial charge >= 0.3 is 0 Å². The zero-order valence-corrected chi connectivity index (χ0v) is 6.62. The fourth-order valence-electron chi connectivity index (χ4n) is 1.29. The van der Waals surface area contributed by atoms with Crippen molar-refractivity contribution in [2.24, 2.45) is 4.99 Å². The maximum atomic E-state index is 4.36. The molecule has 0 fully saturated rings. The Kier molecular flexibility index (Phi) is 1.50. The summed E-state index contributed by atoms with van der Waals surface area (Å²) in [6.07, 6.45) is 1.14. The Bertz CT molecular complexity index is 274. The maximum absolute atomic E-state index is 4.36. The van der Waals surface area contributed by atoms with Crippen molar-refractivity contribution in [3.8, 4) is 0 Å². The van der Waals surface area contributed by atoms with Crippen LogP contribution in [0.3, 0.4) is 0 Å². The SMILES string of the molecule is CCC1N=C1c1ccccc1. The number of nitrogens with zero attached hydrogens (tertiary/aromatic N) is 1. The molecule has 1 heteroatoms. The monoisotopic (exact) mass is 145 g/mol. The maximum Gasteiger partial charge on any atom is 0.0923 e. The summed E-state index contributed by atoms with van der Waals surface area (Å²) in [4.78, 5) is 4.36. The van der Waals surface area contributed by atoms with Crippen LogP contribution >= 0.6 is 0 Å². The third-order valence-corrected chi connectivity index (χ3v) is 2.00. The highest BCUT2D eigenvalue weighted by atomic mass is 15.0. The van der Waals surface area contributed by atoms with Crippen molar-refractivity contribution in [2.75, 3.05) is 0 Å². The minimum Gasteiger partial charge on any atom is -0.277 e. The summed E-state index contributed by atoms with van der Waals surface area (Å²) in [7, 11) is 0. The average molecular weight is 145 g/mol. The van der Waals surface area contributed by atoms with E-state index >= 15 is 0 Å². The summed E-state index contributed by atoms with van der Waals surface area (Å²) in [6, 6.07) is 10.9. The van der Waals surface area contributed by atoms with Crippen molar-refractivity contribution in [1.29, 1.82) is 0 Å². The van der Waals surface area contributed by atoms with E-state index < -0.39 is 0 Å². The van der Waals surface area contributed by atoms with Crippen molar-refractivity contribution in [2.45, 2.75) is 19.4 Å². The van der Waals surface area contributed by atoms with E-state index in [2.05, 4.69) is 36.2 Å². The molecule has 1 aromatic rings. The van der Waals surface area contributed by atoms with Crippen LogP contribution in [0.5, 0.6) is 0 Å². The van der Waals surface area contributed by atoms with E-state index in [1.54, 1.807) is 0 Å². The first kappa shape index (κ1) is 6.59. The molecule has 1 aliphatic heterocycles. The Balaban J connectivity index is 2.15. The van der Waals surface area contributed by atoms with Gasteiger partial charge in [0.05, 0.1) is 11.8 Å². The molecule has 2 rings (SSSR count). The van der Waals surface area contributed by atoms with Gasteiger partial charge in [-0.3, -0.25) is 4.99 Å². The zero-order valence-electron chi connectivity index (χ0n) is 6.62. The largest absolute Gasteiger partial charge is 0.277 e. The number of benzene rings is 1. The molecule has 0 spiro atoms. The van der Waals surface area contributed by atoms with Gasteiger partial charge in [-0.2, -0.15) is 0 Å². The van der Waals surface area contributed by atoms with Crippen LogP contribution in [-0.2, 0) is 0 Å². The minimum absolute atomic E-state index is 0.525. The predicted molar refractivity (Wildman–Crippen MR) is 47.1 cm³/mol. The molecule has 0 bridgehead atoms. The van der Waals surface area contributed by atoms with Crippen LogP contribution in [0, 0.1) is 0 Å². The van der Waals surface area contributed by atoms with Gasteiger partial charge in [0.15, 0.2) is 0 Å². The Labute approximate surface area is 66.8 Å². The molecule has 1 heterocycles. The Morgan fingerprint density at radius 2 is 2.00 bits per heavy atom. The van der Waals surface area contributed by atoms with Gasteiger partial charge in [0.25, 0.3) is 0 Å². The molecular weight excluding hydrogens is 134 g/mol. The summed E-state index contributed by atoms with van der Waals surface area (Å²) in [5, 5.41) is 0. The third-order valence-electron chi connectivity index (χ3n) is 2.00. The Morgan fingerprint density at radius 1 is 1.27 bits per heavy atom. The highest BCUT2D eigenvalue weighted by Crippen LogP contribution is 2.21. The summed E-state index contributed by atoms with van der Waals surface area (Å²) < 4.78 is 0. The van der Waals surface area contributed by atoms with E-state index in [4.69, 9.17) is 0 Å². The molecule has 0 saturated heterocycles. The van der Waals surface area contributed by atoms with Crippen molar-refractivity contribution < 1.29 is 0 Å². The van der Waals surface area contributed by atoms with Crippen molar-refractivity contribution >= 4 is 5.71 Å². The normalized spacial score (nSPS) is 21.2. The summed E-state index contributed by atoms with van der Waals surface area (Å²) in [5.74, 6) is 0. The van der Waals surface area contributed by atoms with E-state index in [1.807, 2.05) is 6.07 Å². The van der Waals surface area contributed by atoms with Gasteiger partial charge in [-0.05, 0) is 12.0 Å². The van der Waals surface area contributed by atoms with Crippen LogP contribution < -0.4 is 0 Å². The van der Waals surface area contributed by atoms with Gasteiger partial charge in [-0.25, -0.2) is 0 Å². The number of hydrogen-bond acceptors (Lipinski definition) is 1. The second-order valence-electron chi connectivity index (χ2n) is 2.80. The second kappa shape index (κ2) is 2.50. The van der Waals surface area contributed by atoms with Crippen molar-refractivity contribution in [3.05, 3.63) is 35.9 Å². The van der Waals surface area contributed by atoms with E-state index in [0.717, 1.165) is 6.42 Å². The molecule has 0 N–H and O–H groups in total. The number of aliphatic imine (C=N–C) groups is 1. The third kappa shape index (κ3) is 1.18. The van der Waals surface area contributed by atoms with Crippen LogP contribution in [0.1, 0.15) is 18.9 Å². The van der Waals surface area contributed by atoms with Crippen LogP contribution in [0.2, 0.25) is 0 Å². The number of hydrogen-bond donors (Lipinski definition) is 0. The molecule has 1 aliphatic rings. The molecule has 1 atom stereocenters. The van der Waals surface area contributed by atoms with Gasteiger partial charge < -0.3 is 0 Å². The summed E-state index contributed by atoms with van der Waals surface area (Å²) in [5.41, 5.74) is 2.58. The van der Waals surface area contributed by atoms with Crippen LogP contribution in [0.4, 0.5) is 0 Å². The van der Waals surface area contributed by atoms with Crippen molar-refractivity contribution in [1.82, 2.24) is 0 Å². The highest BCUT2D eigenvalue weighted by Gasteiger charge is 2.25.